The van der Waals surface area contributed by atoms with Crippen LogP contribution in [0.15, 0.2) is 42.7 Å². The molecule has 1 fully saturated rings. The SMILES string of the molecule is OCC(Nc1cc(N2CCCCC2)ncn1)c1ccccc1. The van der Waals surface area contributed by atoms with E-state index in [2.05, 4.69) is 20.2 Å². The zero-order valence-corrected chi connectivity index (χ0v) is 12.7. The van der Waals surface area contributed by atoms with Gasteiger partial charge in [-0.05, 0) is 24.8 Å². The van der Waals surface area contributed by atoms with E-state index in [-0.39, 0.29) is 12.6 Å². The van der Waals surface area contributed by atoms with Crippen LogP contribution in [0.2, 0.25) is 0 Å². The van der Waals surface area contributed by atoms with Crippen molar-refractivity contribution in [1.29, 1.82) is 0 Å². The van der Waals surface area contributed by atoms with E-state index in [0.29, 0.717) is 0 Å². The summed E-state index contributed by atoms with van der Waals surface area (Å²) in [5.74, 6) is 1.71. The van der Waals surface area contributed by atoms with Gasteiger partial charge in [0.2, 0.25) is 0 Å². The molecule has 1 atom stereocenters. The Bertz CT molecular complexity index is 584. The first-order chi connectivity index (χ1) is 10.9. The van der Waals surface area contributed by atoms with Crippen LogP contribution in [0.5, 0.6) is 0 Å². The van der Waals surface area contributed by atoms with Gasteiger partial charge in [0, 0.05) is 19.2 Å². The van der Waals surface area contributed by atoms with Crippen molar-refractivity contribution in [2.24, 2.45) is 0 Å². The van der Waals surface area contributed by atoms with E-state index in [1.165, 1.54) is 19.3 Å². The highest BCUT2D eigenvalue weighted by atomic mass is 16.3. The van der Waals surface area contributed by atoms with Gasteiger partial charge < -0.3 is 15.3 Å². The Kier molecular flexibility index (Phi) is 4.85. The second kappa shape index (κ2) is 7.22. The van der Waals surface area contributed by atoms with E-state index < -0.39 is 0 Å². The van der Waals surface area contributed by atoms with Crippen molar-refractivity contribution < 1.29 is 5.11 Å². The molecule has 2 heterocycles. The van der Waals surface area contributed by atoms with Crippen LogP contribution in [0.25, 0.3) is 0 Å². The number of hydrogen-bond donors (Lipinski definition) is 2. The second-order valence-corrected chi connectivity index (χ2v) is 5.60. The third kappa shape index (κ3) is 3.54. The molecular weight excluding hydrogens is 276 g/mol. The van der Waals surface area contributed by atoms with Crippen molar-refractivity contribution in [3.8, 4) is 0 Å². The Hall–Kier alpha value is -2.14. The molecule has 0 amide bonds. The molecule has 0 bridgehead atoms. The normalized spacial score (nSPS) is 16.3. The third-order valence-corrected chi connectivity index (χ3v) is 4.04. The summed E-state index contributed by atoms with van der Waals surface area (Å²) in [5, 5.41) is 12.9. The number of rotatable bonds is 5. The van der Waals surface area contributed by atoms with E-state index in [4.69, 9.17) is 0 Å². The summed E-state index contributed by atoms with van der Waals surface area (Å²) in [7, 11) is 0. The van der Waals surface area contributed by atoms with E-state index in [0.717, 1.165) is 30.3 Å². The summed E-state index contributed by atoms with van der Waals surface area (Å²) < 4.78 is 0. The average molecular weight is 298 g/mol. The highest BCUT2D eigenvalue weighted by molar-refractivity contribution is 5.49. The van der Waals surface area contributed by atoms with Gasteiger partial charge in [-0.2, -0.15) is 0 Å². The maximum Gasteiger partial charge on any atom is 0.134 e. The topological polar surface area (TPSA) is 61.3 Å². The van der Waals surface area contributed by atoms with Gasteiger partial charge in [0.1, 0.15) is 18.0 Å². The van der Waals surface area contributed by atoms with Gasteiger partial charge in [0.05, 0.1) is 12.6 Å². The fourth-order valence-corrected chi connectivity index (χ4v) is 2.82. The minimum atomic E-state index is -0.162. The minimum Gasteiger partial charge on any atom is -0.394 e. The summed E-state index contributed by atoms with van der Waals surface area (Å²) in [6, 6.07) is 11.7. The van der Waals surface area contributed by atoms with Crippen LogP contribution in [0, 0.1) is 0 Å². The van der Waals surface area contributed by atoms with E-state index >= 15 is 0 Å². The van der Waals surface area contributed by atoms with Gasteiger partial charge in [0.25, 0.3) is 0 Å². The smallest absolute Gasteiger partial charge is 0.134 e. The molecular formula is C17H22N4O. The maximum absolute atomic E-state index is 9.64. The molecule has 1 aliphatic rings. The lowest BCUT2D eigenvalue weighted by atomic mass is 10.1. The number of nitrogens with zero attached hydrogens (tertiary/aromatic N) is 3. The van der Waals surface area contributed by atoms with Crippen LogP contribution in [0.4, 0.5) is 11.6 Å². The Morgan fingerprint density at radius 1 is 1.09 bits per heavy atom. The molecule has 1 aromatic heterocycles. The zero-order valence-electron chi connectivity index (χ0n) is 12.7. The Balaban J connectivity index is 1.74. The first kappa shape index (κ1) is 14.8. The number of piperidine rings is 1. The Labute approximate surface area is 131 Å². The van der Waals surface area contributed by atoms with Crippen LogP contribution >= 0.6 is 0 Å². The summed E-state index contributed by atoms with van der Waals surface area (Å²) in [5.41, 5.74) is 1.04. The number of aromatic nitrogens is 2. The predicted octanol–water partition coefficient (Wildman–Crippen LogP) is 2.61. The summed E-state index contributed by atoms with van der Waals surface area (Å²) in [6.45, 7) is 2.13. The molecule has 0 radical (unpaired) electrons. The van der Waals surface area contributed by atoms with Gasteiger partial charge in [-0.25, -0.2) is 9.97 Å². The molecule has 2 aromatic rings. The molecule has 1 aromatic carbocycles. The molecule has 3 rings (SSSR count). The van der Waals surface area contributed by atoms with Gasteiger partial charge >= 0.3 is 0 Å². The van der Waals surface area contributed by atoms with Crippen molar-refractivity contribution in [2.45, 2.75) is 25.3 Å². The standard InChI is InChI=1S/C17H22N4O/c22-12-15(14-7-3-1-4-8-14)20-16-11-17(19-13-18-16)21-9-5-2-6-10-21/h1,3-4,7-8,11,13,15,22H,2,5-6,9-10,12H2,(H,18,19,20). The molecule has 0 spiro atoms. The third-order valence-electron chi connectivity index (χ3n) is 4.04. The van der Waals surface area contributed by atoms with Gasteiger partial charge in [-0.3, -0.25) is 0 Å². The maximum atomic E-state index is 9.64. The molecule has 116 valence electrons. The first-order valence-corrected chi connectivity index (χ1v) is 7.86. The lowest BCUT2D eigenvalue weighted by Gasteiger charge is -2.28. The number of nitrogens with one attached hydrogen (secondary N) is 1. The summed E-state index contributed by atoms with van der Waals surface area (Å²) in [4.78, 5) is 11.0. The fraction of sp³-hybridized carbons (Fsp3) is 0.412. The largest absolute Gasteiger partial charge is 0.394 e. The van der Waals surface area contributed by atoms with Crippen molar-refractivity contribution in [1.82, 2.24) is 9.97 Å². The highest BCUT2D eigenvalue weighted by Crippen LogP contribution is 2.22. The van der Waals surface area contributed by atoms with Crippen LogP contribution in [0.3, 0.4) is 0 Å². The van der Waals surface area contributed by atoms with Crippen molar-refractivity contribution in [3.05, 3.63) is 48.3 Å². The second-order valence-electron chi connectivity index (χ2n) is 5.60. The molecule has 1 aliphatic heterocycles. The Morgan fingerprint density at radius 2 is 1.86 bits per heavy atom. The molecule has 22 heavy (non-hydrogen) atoms. The number of hydrogen-bond acceptors (Lipinski definition) is 5. The molecule has 1 saturated heterocycles. The molecule has 2 N–H and O–H groups in total. The molecule has 0 aliphatic carbocycles. The van der Waals surface area contributed by atoms with Crippen molar-refractivity contribution in [3.63, 3.8) is 0 Å². The van der Waals surface area contributed by atoms with Gasteiger partial charge in [-0.1, -0.05) is 30.3 Å². The van der Waals surface area contributed by atoms with Gasteiger partial charge in [-0.15, -0.1) is 0 Å². The molecule has 0 saturated carbocycles. The highest BCUT2D eigenvalue weighted by Gasteiger charge is 2.14. The Morgan fingerprint density at radius 3 is 2.59 bits per heavy atom. The first-order valence-electron chi connectivity index (χ1n) is 7.86. The molecule has 5 nitrogen and oxygen atoms in total. The van der Waals surface area contributed by atoms with E-state index in [9.17, 15) is 5.11 Å². The van der Waals surface area contributed by atoms with E-state index in [1.54, 1.807) is 6.33 Å². The number of anilines is 2. The summed E-state index contributed by atoms with van der Waals surface area (Å²) in [6.07, 6.45) is 5.32. The number of aliphatic hydroxyl groups is 1. The van der Waals surface area contributed by atoms with Crippen LogP contribution in [-0.4, -0.2) is 34.8 Å². The van der Waals surface area contributed by atoms with Crippen LogP contribution in [-0.2, 0) is 0 Å². The van der Waals surface area contributed by atoms with Crippen LogP contribution in [0.1, 0.15) is 30.9 Å². The average Bonchev–Trinajstić information content (AvgIpc) is 2.61. The van der Waals surface area contributed by atoms with Crippen molar-refractivity contribution >= 4 is 11.6 Å². The lowest BCUT2D eigenvalue weighted by Crippen LogP contribution is -2.30. The van der Waals surface area contributed by atoms with Crippen LogP contribution < -0.4 is 10.2 Å². The number of benzene rings is 1. The van der Waals surface area contributed by atoms with E-state index in [1.807, 2.05) is 36.4 Å². The van der Waals surface area contributed by atoms with Crippen molar-refractivity contribution in [2.75, 3.05) is 29.9 Å². The minimum absolute atomic E-state index is 0.0209. The quantitative estimate of drug-likeness (QED) is 0.888. The number of aliphatic hydroxyl groups excluding tert-OH is 1. The van der Waals surface area contributed by atoms with Gasteiger partial charge in [0.15, 0.2) is 0 Å². The predicted molar refractivity (Wildman–Crippen MR) is 88.0 cm³/mol. The molecule has 5 heteroatoms. The zero-order chi connectivity index (χ0) is 15.2. The fourth-order valence-electron chi connectivity index (χ4n) is 2.82. The lowest BCUT2D eigenvalue weighted by molar-refractivity contribution is 0.276. The summed E-state index contributed by atoms with van der Waals surface area (Å²) >= 11 is 0. The monoisotopic (exact) mass is 298 g/mol. The molecule has 1 unspecified atom stereocenters.